The third kappa shape index (κ3) is 2.27. The highest BCUT2D eigenvalue weighted by molar-refractivity contribution is 4.89. The Hall–Kier alpha value is -0.120. The Morgan fingerprint density at radius 3 is 3.00 bits per heavy atom. The highest BCUT2D eigenvalue weighted by Gasteiger charge is 2.34. The molecule has 0 spiro atoms. The number of methoxy groups -OCH3 is 1. The van der Waals surface area contributed by atoms with Gasteiger partial charge in [0.1, 0.15) is 0 Å². The second kappa shape index (κ2) is 4.17. The molecule has 2 aliphatic rings. The van der Waals surface area contributed by atoms with Crippen molar-refractivity contribution in [3.63, 3.8) is 0 Å². The number of hydrogen-bond acceptors (Lipinski definition) is 3. The van der Waals surface area contributed by atoms with Crippen molar-refractivity contribution in [2.24, 2.45) is 5.92 Å². The van der Waals surface area contributed by atoms with E-state index in [2.05, 4.69) is 17.1 Å². The minimum absolute atomic E-state index is 0.117. The van der Waals surface area contributed by atoms with Crippen molar-refractivity contribution in [1.29, 1.82) is 0 Å². The van der Waals surface area contributed by atoms with E-state index < -0.39 is 0 Å². The zero-order chi connectivity index (χ0) is 10.0. The van der Waals surface area contributed by atoms with E-state index in [9.17, 15) is 0 Å². The summed E-state index contributed by atoms with van der Waals surface area (Å²) < 4.78 is 5.54. The average molecular weight is 198 g/mol. The van der Waals surface area contributed by atoms with Gasteiger partial charge in [0, 0.05) is 26.7 Å². The number of nitrogens with one attached hydrogen (secondary N) is 1. The Kier molecular flexibility index (Phi) is 3.10. The Labute approximate surface area is 86.8 Å². The molecule has 82 valence electrons. The van der Waals surface area contributed by atoms with Gasteiger partial charge in [-0.1, -0.05) is 0 Å². The monoisotopic (exact) mass is 198 g/mol. The van der Waals surface area contributed by atoms with Gasteiger partial charge in [-0.2, -0.15) is 0 Å². The molecular weight excluding hydrogens is 176 g/mol. The summed E-state index contributed by atoms with van der Waals surface area (Å²) in [5, 5.41) is 3.42. The normalized spacial score (nSPS) is 39.4. The third-order valence-electron chi connectivity index (χ3n) is 3.69. The van der Waals surface area contributed by atoms with Crippen LogP contribution in [0.5, 0.6) is 0 Å². The van der Waals surface area contributed by atoms with Crippen molar-refractivity contribution in [1.82, 2.24) is 10.2 Å². The van der Waals surface area contributed by atoms with Gasteiger partial charge < -0.3 is 15.0 Å². The molecule has 0 amide bonds. The Morgan fingerprint density at radius 2 is 2.43 bits per heavy atom. The van der Waals surface area contributed by atoms with E-state index in [0.29, 0.717) is 0 Å². The zero-order valence-electron chi connectivity index (χ0n) is 9.38. The molecule has 2 rings (SSSR count). The quantitative estimate of drug-likeness (QED) is 0.723. The maximum atomic E-state index is 5.54. The van der Waals surface area contributed by atoms with E-state index in [-0.39, 0.29) is 5.60 Å². The summed E-state index contributed by atoms with van der Waals surface area (Å²) in [6, 6.07) is 0. The lowest BCUT2D eigenvalue weighted by Gasteiger charge is -2.24. The van der Waals surface area contributed by atoms with Crippen LogP contribution in [0.25, 0.3) is 0 Å². The Morgan fingerprint density at radius 1 is 1.57 bits per heavy atom. The predicted octanol–water partition coefficient (Wildman–Crippen LogP) is 0.707. The minimum atomic E-state index is 0.117. The molecule has 2 unspecified atom stereocenters. The fourth-order valence-corrected chi connectivity index (χ4v) is 2.58. The van der Waals surface area contributed by atoms with Gasteiger partial charge >= 0.3 is 0 Å². The minimum Gasteiger partial charge on any atom is -0.377 e. The first kappa shape index (κ1) is 10.4. The number of ether oxygens (including phenoxy) is 1. The largest absolute Gasteiger partial charge is 0.377 e. The van der Waals surface area contributed by atoms with Crippen LogP contribution in [0.15, 0.2) is 0 Å². The van der Waals surface area contributed by atoms with Crippen molar-refractivity contribution in [2.75, 3.05) is 39.8 Å². The van der Waals surface area contributed by atoms with Gasteiger partial charge in [-0.25, -0.2) is 0 Å². The number of rotatable bonds is 3. The van der Waals surface area contributed by atoms with Crippen LogP contribution in [-0.4, -0.2) is 50.3 Å². The molecule has 0 aromatic carbocycles. The fraction of sp³-hybridized carbons (Fsp3) is 1.00. The summed E-state index contributed by atoms with van der Waals surface area (Å²) in [6.07, 6.45) is 2.53. The maximum Gasteiger partial charge on any atom is 0.0789 e. The summed E-state index contributed by atoms with van der Waals surface area (Å²) >= 11 is 0. The van der Waals surface area contributed by atoms with E-state index in [1.54, 1.807) is 0 Å². The van der Waals surface area contributed by atoms with Crippen molar-refractivity contribution in [2.45, 2.75) is 25.4 Å². The maximum absolute atomic E-state index is 5.54. The molecule has 0 saturated carbocycles. The molecular formula is C11H22N2O. The molecule has 2 saturated heterocycles. The highest BCUT2D eigenvalue weighted by atomic mass is 16.5. The molecule has 0 aromatic heterocycles. The van der Waals surface area contributed by atoms with E-state index in [4.69, 9.17) is 4.74 Å². The summed E-state index contributed by atoms with van der Waals surface area (Å²) in [7, 11) is 1.83. The number of nitrogens with zero attached hydrogens (tertiary/aromatic N) is 1. The van der Waals surface area contributed by atoms with Crippen LogP contribution in [0.1, 0.15) is 19.8 Å². The van der Waals surface area contributed by atoms with Crippen molar-refractivity contribution < 1.29 is 4.74 Å². The lowest BCUT2D eigenvalue weighted by Crippen LogP contribution is -2.34. The second-order valence-corrected chi connectivity index (χ2v) is 5.00. The standard InChI is InChI=1S/C11H22N2O/c1-11(14-2)4-6-13(9-11)8-10-3-5-12-7-10/h10,12H,3-9H2,1-2H3. The highest BCUT2D eigenvalue weighted by Crippen LogP contribution is 2.25. The van der Waals surface area contributed by atoms with Crippen LogP contribution in [0, 0.1) is 5.92 Å². The fourth-order valence-electron chi connectivity index (χ4n) is 2.58. The smallest absolute Gasteiger partial charge is 0.0789 e. The summed E-state index contributed by atoms with van der Waals surface area (Å²) in [6.45, 7) is 8.22. The van der Waals surface area contributed by atoms with E-state index in [1.807, 2.05) is 7.11 Å². The zero-order valence-corrected chi connectivity index (χ0v) is 9.38. The van der Waals surface area contributed by atoms with Crippen LogP contribution in [-0.2, 0) is 4.74 Å². The summed E-state index contributed by atoms with van der Waals surface area (Å²) in [5.74, 6) is 0.870. The van der Waals surface area contributed by atoms with Crippen LogP contribution in [0.3, 0.4) is 0 Å². The van der Waals surface area contributed by atoms with Crippen LogP contribution >= 0.6 is 0 Å². The first-order valence-electron chi connectivity index (χ1n) is 5.70. The SMILES string of the molecule is COC1(C)CCN(CC2CCNC2)C1. The summed E-state index contributed by atoms with van der Waals surface area (Å²) in [5.41, 5.74) is 0.117. The van der Waals surface area contributed by atoms with Gasteiger partial charge in [0.25, 0.3) is 0 Å². The van der Waals surface area contributed by atoms with Crippen molar-refractivity contribution >= 4 is 0 Å². The van der Waals surface area contributed by atoms with Crippen molar-refractivity contribution in [3.8, 4) is 0 Å². The first-order chi connectivity index (χ1) is 6.72. The topological polar surface area (TPSA) is 24.5 Å². The van der Waals surface area contributed by atoms with Gasteiger partial charge in [0.2, 0.25) is 0 Å². The molecule has 3 nitrogen and oxygen atoms in total. The Balaban J connectivity index is 1.78. The molecule has 0 aromatic rings. The van der Waals surface area contributed by atoms with Gasteiger partial charge in [-0.05, 0) is 38.8 Å². The molecule has 0 aliphatic carbocycles. The van der Waals surface area contributed by atoms with Crippen LogP contribution in [0.4, 0.5) is 0 Å². The molecule has 1 N–H and O–H groups in total. The van der Waals surface area contributed by atoms with E-state index in [0.717, 1.165) is 12.5 Å². The molecule has 0 radical (unpaired) electrons. The van der Waals surface area contributed by atoms with E-state index in [1.165, 1.54) is 39.0 Å². The molecule has 2 atom stereocenters. The second-order valence-electron chi connectivity index (χ2n) is 5.00. The van der Waals surface area contributed by atoms with Crippen molar-refractivity contribution in [3.05, 3.63) is 0 Å². The Bertz CT molecular complexity index is 192. The predicted molar refractivity (Wildman–Crippen MR) is 57.4 cm³/mol. The molecule has 3 heteroatoms. The van der Waals surface area contributed by atoms with Gasteiger partial charge in [0.05, 0.1) is 5.60 Å². The van der Waals surface area contributed by atoms with Crippen LogP contribution < -0.4 is 5.32 Å². The lowest BCUT2D eigenvalue weighted by molar-refractivity contribution is 0.0139. The molecule has 2 aliphatic heterocycles. The lowest BCUT2D eigenvalue weighted by atomic mass is 10.1. The molecule has 2 heterocycles. The number of hydrogen-bond donors (Lipinski definition) is 1. The van der Waals surface area contributed by atoms with Crippen LogP contribution in [0.2, 0.25) is 0 Å². The first-order valence-corrected chi connectivity index (χ1v) is 5.70. The molecule has 0 bridgehead atoms. The van der Waals surface area contributed by atoms with Gasteiger partial charge in [-0.3, -0.25) is 0 Å². The molecule has 2 fully saturated rings. The van der Waals surface area contributed by atoms with Gasteiger partial charge in [-0.15, -0.1) is 0 Å². The van der Waals surface area contributed by atoms with E-state index >= 15 is 0 Å². The summed E-state index contributed by atoms with van der Waals surface area (Å²) in [4.78, 5) is 2.56. The third-order valence-corrected chi connectivity index (χ3v) is 3.69. The van der Waals surface area contributed by atoms with Gasteiger partial charge in [0.15, 0.2) is 0 Å². The number of likely N-dealkylation sites (tertiary alicyclic amines) is 1. The average Bonchev–Trinajstić information content (AvgIpc) is 2.78. The molecule has 14 heavy (non-hydrogen) atoms.